The Balaban J connectivity index is 2.09. The molecule has 1 saturated heterocycles. The molecule has 0 radical (unpaired) electrons. The predicted molar refractivity (Wildman–Crippen MR) is 87.2 cm³/mol. The second-order valence-corrected chi connectivity index (χ2v) is 7.55. The molecule has 1 aliphatic heterocycles. The molecule has 1 heterocycles. The van der Waals surface area contributed by atoms with Crippen molar-refractivity contribution in [1.82, 2.24) is 4.90 Å². The molecule has 1 fully saturated rings. The third-order valence-electron chi connectivity index (χ3n) is 4.19. The van der Waals surface area contributed by atoms with Crippen LogP contribution < -0.4 is 0 Å². The molecule has 0 bridgehead atoms. The molecular formula is C17H24ClNO3. The summed E-state index contributed by atoms with van der Waals surface area (Å²) in [5, 5.41) is 11.3. The van der Waals surface area contributed by atoms with Crippen LogP contribution in [0.15, 0.2) is 24.3 Å². The number of aliphatic hydroxyl groups is 1. The molecule has 5 heteroatoms. The maximum absolute atomic E-state index is 12.1. The van der Waals surface area contributed by atoms with E-state index in [0.717, 1.165) is 5.56 Å². The molecule has 0 aliphatic carbocycles. The van der Waals surface area contributed by atoms with E-state index >= 15 is 0 Å². The normalized spacial score (nSPS) is 25.9. The van der Waals surface area contributed by atoms with Crippen LogP contribution in [0.4, 0.5) is 4.79 Å². The zero-order chi connectivity index (χ0) is 16.5. The number of carbonyl (C=O) groups excluding carboxylic acids is 1. The van der Waals surface area contributed by atoms with Gasteiger partial charge in [-0.05, 0) is 44.9 Å². The molecule has 4 nitrogen and oxygen atoms in total. The summed E-state index contributed by atoms with van der Waals surface area (Å²) < 4.78 is 5.37. The minimum Gasteiger partial charge on any atom is -0.444 e. The van der Waals surface area contributed by atoms with Gasteiger partial charge in [-0.25, -0.2) is 4.79 Å². The number of β-amino-alcohol motifs (C(OH)–C–C–N with tert-alkyl or cyclic N) is 1. The van der Waals surface area contributed by atoms with E-state index in [9.17, 15) is 9.90 Å². The van der Waals surface area contributed by atoms with Gasteiger partial charge in [0, 0.05) is 17.0 Å². The first-order chi connectivity index (χ1) is 10.1. The van der Waals surface area contributed by atoms with Crippen LogP contribution in [0.1, 0.15) is 39.7 Å². The highest BCUT2D eigenvalue weighted by atomic mass is 35.5. The summed E-state index contributed by atoms with van der Waals surface area (Å²) in [6.07, 6.45) is -0.339. The van der Waals surface area contributed by atoms with Crippen molar-refractivity contribution in [3.05, 3.63) is 34.9 Å². The van der Waals surface area contributed by atoms with Crippen LogP contribution in [0.5, 0.6) is 0 Å². The second-order valence-electron chi connectivity index (χ2n) is 7.12. The van der Waals surface area contributed by atoms with Crippen LogP contribution in [0, 0.1) is 0 Å². The standard InChI is InChI=1S/C17H24ClNO3/c1-16(2,3)22-15(21)19-10-9-17(4,14(20)11-19)12-5-7-13(18)8-6-12/h5-8,14,20H,9-11H2,1-4H3. The Bertz CT molecular complexity index is 538. The summed E-state index contributed by atoms with van der Waals surface area (Å²) in [5.74, 6) is 0. The Morgan fingerprint density at radius 3 is 2.45 bits per heavy atom. The smallest absolute Gasteiger partial charge is 0.410 e. The van der Waals surface area contributed by atoms with Gasteiger partial charge in [-0.3, -0.25) is 0 Å². The topological polar surface area (TPSA) is 49.8 Å². The van der Waals surface area contributed by atoms with Crippen molar-refractivity contribution >= 4 is 17.7 Å². The fourth-order valence-electron chi connectivity index (χ4n) is 2.70. The van der Waals surface area contributed by atoms with Gasteiger partial charge in [0.2, 0.25) is 0 Å². The summed E-state index contributed by atoms with van der Waals surface area (Å²) >= 11 is 5.93. The maximum atomic E-state index is 12.1. The van der Waals surface area contributed by atoms with E-state index in [1.54, 1.807) is 4.90 Å². The number of aliphatic hydroxyl groups excluding tert-OH is 1. The van der Waals surface area contributed by atoms with Gasteiger partial charge >= 0.3 is 6.09 Å². The minimum atomic E-state index is -0.644. The monoisotopic (exact) mass is 325 g/mol. The zero-order valence-corrected chi connectivity index (χ0v) is 14.4. The highest BCUT2D eigenvalue weighted by molar-refractivity contribution is 6.30. The van der Waals surface area contributed by atoms with Crippen molar-refractivity contribution in [1.29, 1.82) is 0 Å². The van der Waals surface area contributed by atoms with Crippen LogP contribution in [0.25, 0.3) is 0 Å². The van der Waals surface area contributed by atoms with Gasteiger partial charge in [0.25, 0.3) is 0 Å². The molecule has 1 aromatic carbocycles. The van der Waals surface area contributed by atoms with E-state index in [2.05, 4.69) is 0 Å². The van der Waals surface area contributed by atoms with Crippen LogP contribution in [-0.2, 0) is 10.2 Å². The van der Waals surface area contributed by atoms with Gasteiger partial charge in [-0.2, -0.15) is 0 Å². The lowest BCUT2D eigenvalue weighted by Crippen LogP contribution is -2.54. The molecule has 2 atom stereocenters. The van der Waals surface area contributed by atoms with Crippen molar-refractivity contribution in [2.24, 2.45) is 0 Å². The number of halogens is 1. The third kappa shape index (κ3) is 3.73. The summed E-state index contributed by atoms with van der Waals surface area (Å²) in [6.45, 7) is 8.36. The Labute approximate surface area is 137 Å². The zero-order valence-electron chi connectivity index (χ0n) is 13.6. The van der Waals surface area contributed by atoms with E-state index in [1.807, 2.05) is 52.0 Å². The quantitative estimate of drug-likeness (QED) is 0.858. The van der Waals surface area contributed by atoms with Crippen molar-refractivity contribution in [3.8, 4) is 0 Å². The van der Waals surface area contributed by atoms with Gasteiger partial charge < -0.3 is 14.7 Å². The SMILES string of the molecule is CC(C)(C)OC(=O)N1CCC(C)(c2ccc(Cl)cc2)C(O)C1. The number of likely N-dealkylation sites (tertiary alicyclic amines) is 1. The highest BCUT2D eigenvalue weighted by Gasteiger charge is 2.41. The molecule has 22 heavy (non-hydrogen) atoms. The van der Waals surface area contributed by atoms with Crippen molar-refractivity contribution in [2.45, 2.75) is 51.2 Å². The number of benzene rings is 1. The minimum absolute atomic E-state index is 0.272. The fraction of sp³-hybridized carbons (Fsp3) is 0.588. The van der Waals surface area contributed by atoms with Gasteiger partial charge in [-0.15, -0.1) is 0 Å². The summed E-state index contributed by atoms with van der Waals surface area (Å²) in [7, 11) is 0. The average Bonchev–Trinajstić information content (AvgIpc) is 2.40. The van der Waals surface area contributed by atoms with Crippen LogP contribution in [0.3, 0.4) is 0 Å². The van der Waals surface area contributed by atoms with E-state index in [1.165, 1.54) is 0 Å². The lowest BCUT2D eigenvalue weighted by atomic mass is 9.72. The van der Waals surface area contributed by atoms with Gasteiger partial charge in [0.1, 0.15) is 5.60 Å². The molecule has 0 spiro atoms. The van der Waals surface area contributed by atoms with Gasteiger partial charge in [-0.1, -0.05) is 30.7 Å². The van der Waals surface area contributed by atoms with Crippen molar-refractivity contribution in [2.75, 3.05) is 13.1 Å². The number of amides is 1. The van der Waals surface area contributed by atoms with Crippen LogP contribution >= 0.6 is 11.6 Å². The van der Waals surface area contributed by atoms with E-state index in [0.29, 0.717) is 18.0 Å². The first kappa shape index (κ1) is 17.1. The highest BCUT2D eigenvalue weighted by Crippen LogP contribution is 2.36. The maximum Gasteiger partial charge on any atom is 0.410 e. The molecule has 2 rings (SSSR count). The third-order valence-corrected chi connectivity index (χ3v) is 4.44. The van der Waals surface area contributed by atoms with E-state index in [-0.39, 0.29) is 18.1 Å². The molecule has 1 N–H and O–H groups in total. The number of hydrogen-bond donors (Lipinski definition) is 1. The number of carbonyl (C=O) groups is 1. The van der Waals surface area contributed by atoms with Gasteiger partial charge in [0.05, 0.1) is 12.6 Å². The Hall–Kier alpha value is -1.26. The Morgan fingerprint density at radius 1 is 1.36 bits per heavy atom. The van der Waals surface area contributed by atoms with Crippen molar-refractivity contribution < 1.29 is 14.6 Å². The number of nitrogens with zero attached hydrogens (tertiary/aromatic N) is 1. The second kappa shape index (κ2) is 6.09. The van der Waals surface area contributed by atoms with E-state index in [4.69, 9.17) is 16.3 Å². The summed E-state index contributed by atoms with van der Waals surface area (Å²) in [5.41, 5.74) is 0.121. The molecule has 1 aromatic rings. The van der Waals surface area contributed by atoms with Crippen LogP contribution in [-0.4, -0.2) is 40.9 Å². The molecular weight excluding hydrogens is 302 g/mol. The number of piperidine rings is 1. The first-order valence-electron chi connectivity index (χ1n) is 7.54. The lowest BCUT2D eigenvalue weighted by molar-refractivity contribution is -0.0194. The average molecular weight is 326 g/mol. The molecule has 1 amide bonds. The largest absolute Gasteiger partial charge is 0.444 e. The van der Waals surface area contributed by atoms with Crippen LogP contribution in [0.2, 0.25) is 5.02 Å². The molecule has 0 aromatic heterocycles. The summed E-state index contributed by atoms with van der Waals surface area (Å²) in [4.78, 5) is 13.7. The molecule has 1 aliphatic rings. The van der Waals surface area contributed by atoms with Crippen molar-refractivity contribution in [3.63, 3.8) is 0 Å². The number of hydrogen-bond acceptors (Lipinski definition) is 3. The molecule has 2 unspecified atom stereocenters. The lowest BCUT2D eigenvalue weighted by Gasteiger charge is -2.43. The number of ether oxygens (including phenoxy) is 1. The Morgan fingerprint density at radius 2 is 1.95 bits per heavy atom. The Kier molecular flexibility index (Phi) is 4.73. The molecule has 122 valence electrons. The first-order valence-corrected chi connectivity index (χ1v) is 7.92. The fourth-order valence-corrected chi connectivity index (χ4v) is 2.82. The van der Waals surface area contributed by atoms with Gasteiger partial charge in [0.15, 0.2) is 0 Å². The van der Waals surface area contributed by atoms with E-state index < -0.39 is 11.7 Å². The molecule has 0 saturated carbocycles. The number of rotatable bonds is 1. The predicted octanol–water partition coefficient (Wildman–Crippen LogP) is 3.60. The summed E-state index contributed by atoms with van der Waals surface area (Å²) in [6, 6.07) is 7.54.